The van der Waals surface area contributed by atoms with Gasteiger partial charge in [0.2, 0.25) is 0 Å². The van der Waals surface area contributed by atoms with Crippen LogP contribution in [0.3, 0.4) is 0 Å². The van der Waals surface area contributed by atoms with Crippen molar-refractivity contribution in [2.75, 3.05) is 30.4 Å². The molecule has 0 aromatic heterocycles. The third-order valence-electron chi connectivity index (χ3n) is 7.65. The van der Waals surface area contributed by atoms with Crippen molar-refractivity contribution in [3.63, 3.8) is 0 Å². The molecule has 11 nitrogen and oxygen atoms in total. The maximum absolute atomic E-state index is 13.4. The van der Waals surface area contributed by atoms with Gasteiger partial charge >= 0.3 is 12.1 Å². The first-order chi connectivity index (χ1) is 23.4. The molecule has 1 aliphatic heterocycles. The number of amides is 3. The van der Waals surface area contributed by atoms with E-state index >= 15 is 0 Å². The number of hydrogen-bond acceptors (Lipinski definition) is 7. The van der Waals surface area contributed by atoms with E-state index in [4.69, 9.17) is 25.1 Å². The summed E-state index contributed by atoms with van der Waals surface area (Å²) in [4.78, 5) is 48.6. The van der Waals surface area contributed by atoms with Gasteiger partial charge in [0.05, 0.1) is 12.3 Å². The summed E-state index contributed by atoms with van der Waals surface area (Å²) in [6.45, 7) is 1.80. The van der Waals surface area contributed by atoms with Crippen LogP contribution < -0.4 is 25.8 Å². The molecular formula is C35H39F3N4O7. The molecule has 0 radical (unpaired) electrons. The standard InChI is InChI=1S/C33H38N4O5.C2HF3O2/c34-18-4-2-1-3-5-19-41-28-15-11-26(12-16-28)35-32(39)24-8-6-23(7-9-24)21-37(27-13-14-27)33(40)25-10-17-29-30(20-25)42-22-31(38)36-29;3-2(4,5)1(6)7/h6-12,15-17,20,27H,1-5,13-14,18-19,21-22,34H2,(H,35,39)(H,36,38);(H,6,7). The highest BCUT2D eigenvalue weighted by Gasteiger charge is 2.38. The largest absolute Gasteiger partial charge is 0.494 e. The summed E-state index contributed by atoms with van der Waals surface area (Å²) in [6.07, 6.45) is 2.41. The minimum Gasteiger partial charge on any atom is -0.494 e. The fourth-order valence-corrected chi connectivity index (χ4v) is 4.89. The fourth-order valence-electron chi connectivity index (χ4n) is 4.89. The Hall–Kier alpha value is -5.11. The number of carboxylic acids is 1. The van der Waals surface area contributed by atoms with E-state index in [0.717, 1.165) is 50.0 Å². The number of aliphatic carboxylic acids is 1. The van der Waals surface area contributed by atoms with Crippen molar-refractivity contribution in [2.24, 2.45) is 5.73 Å². The quantitative estimate of drug-likeness (QED) is 0.151. The second-order valence-electron chi connectivity index (χ2n) is 11.6. The number of carbonyl (C=O) groups excluding carboxylic acids is 3. The molecule has 262 valence electrons. The Labute approximate surface area is 281 Å². The lowest BCUT2D eigenvalue weighted by Crippen LogP contribution is -2.33. The van der Waals surface area contributed by atoms with Gasteiger partial charge in [-0.05, 0) is 92.4 Å². The maximum atomic E-state index is 13.4. The lowest BCUT2D eigenvalue weighted by Gasteiger charge is -2.24. The molecule has 0 unspecified atom stereocenters. The number of fused-ring (bicyclic) bond motifs is 1. The van der Waals surface area contributed by atoms with Crippen LogP contribution >= 0.6 is 0 Å². The SMILES string of the molecule is NCCCCCCCOc1ccc(NC(=O)c2ccc(CN(C(=O)c3ccc4c(c3)OCC(=O)N4)C3CC3)cc2)cc1.O=C(O)C(F)(F)F. The zero-order chi connectivity index (χ0) is 35.4. The average Bonchev–Trinajstić information content (AvgIpc) is 3.93. The monoisotopic (exact) mass is 684 g/mol. The number of anilines is 2. The van der Waals surface area contributed by atoms with Gasteiger partial charge in [-0.2, -0.15) is 13.2 Å². The number of benzene rings is 3. The Morgan fingerprint density at radius 1 is 0.939 bits per heavy atom. The topological polar surface area (TPSA) is 160 Å². The summed E-state index contributed by atoms with van der Waals surface area (Å²) >= 11 is 0. The first kappa shape index (κ1) is 36.7. The van der Waals surface area contributed by atoms with Crippen molar-refractivity contribution < 1.29 is 46.9 Å². The molecule has 1 aliphatic carbocycles. The molecule has 0 spiro atoms. The number of halogens is 3. The van der Waals surface area contributed by atoms with Gasteiger partial charge in [0.15, 0.2) is 6.61 Å². The molecule has 49 heavy (non-hydrogen) atoms. The molecule has 5 N–H and O–H groups in total. The number of nitrogens with two attached hydrogens (primary N) is 1. The van der Waals surface area contributed by atoms with Crippen LogP contribution in [0.25, 0.3) is 0 Å². The van der Waals surface area contributed by atoms with Crippen molar-refractivity contribution in [3.05, 3.63) is 83.4 Å². The molecule has 1 heterocycles. The smallest absolute Gasteiger partial charge is 0.490 e. The molecule has 2 aliphatic rings. The Morgan fingerprint density at radius 2 is 1.57 bits per heavy atom. The van der Waals surface area contributed by atoms with Gasteiger partial charge in [-0.1, -0.05) is 31.4 Å². The van der Waals surface area contributed by atoms with Crippen LogP contribution in [-0.2, 0) is 16.1 Å². The van der Waals surface area contributed by atoms with E-state index < -0.39 is 12.1 Å². The zero-order valence-electron chi connectivity index (χ0n) is 26.8. The summed E-state index contributed by atoms with van der Waals surface area (Å²) in [5.41, 5.74) is 8.77. The van der Waals surface area contributed by atoms with Crippen LogP contribution in [0.2, 0.25) is 0 Å². The van der Waals surface area contributed by atoms with E-state index in [-0.39, 0.29) is 30.4 Å². The van der Waals surface area contributed by atoms with E-state index in [0.29, 0.717) is 41.4 Å². The minimum atomic E-state index is -5.08. The number of rotatable bonds is 14. The lowest BCUT2D eigenvalue weighted by atomic mass is 10.1. The van der Waals surface area contributed by atoms with Gasteiger partial charge < -0.3 is 35.8 Å². The zero-order valence-corrected chi connectivity index (χ0v) is 26.8. The van der Waals surface area contributed by atoms with Crippen LogP contribution in [0.4, 0.5) is 24.5 Å². The van der Waals surface area contributed by atoms with Crippen molar-refractivity contribution in [2.45, 2.75) is 63.7 Å². The molecule has 3 aromatic carbocycles. The van der Waals surface area contributed by atoms with Crippen molar-refractivity contribution >= 4 is 35.1 Å². The van der Waals surface area contributed by atoms with E-state index in [2.05, 4.69) is 10.6 Å². The fraction of sp³-hybridized carbons (Fsp3) is 0.371. The summed E-state index contributed by atoms with van der Waals surface area (Å²) in [6, 6.07) is 20.0. The number of carboxylic acid groups (broad SMARTS) is 1. The molecule has 14 heteroatoms. The number of nitrogens with one attached hydrogen (secondary N) is 2. The van der Waals surface area contributed by atoms with Crippen LogP contribution in [0, 0.1) is 0 Å². The van der Waals surface area contributed by atoms with Crippen molar-refractivity contribution in [1.29, 1.82) is 0 Å². The first-order valence-electron chi connectivity index (χ1n) is 16.0. The molecule has 0 atom stereocenters. The molecule has 1 fully saturated rings. The second kappa shape index (κ2) is 17.3. The van der Waals surface area contributed by atoms with Gasteiger partial charge in [-0.25, -0.2) is 4.79 Å². The van der Waals surface area contributed by atoms with E-state index in [1.807, 2.05) is 41.3 Å². The molecule has 3 amide bonds. The number of nitrogens with zero attached hydrogens (tertiary/aromatic N) is 1. The predicted molar refractivity (Wildman–Crippen MR) is 176 cm³/mol. The van der Waals surface area contributed by atoms with Gasteiger partial charge in [0.1, 0.15) is 11.5 Å². The molecule has 3 aromatic rings. The van der Waals surface area contributed by atoms with E-state index in [1.54, 1.807) is 30.3 Å². The Kier molecular flexibility index (Phi) is 13.0. The van der Waals surface area contributed by atoms with E-state index in [1.165, 1.54) is 12.8 Å². The normalized spacial score (nSPS) is 13.5. The molecule has 5 rings (SSSR count). The number of carbonyl (C=O) groups is 4. The Balaban J connectivity index is 0.000000698. The predicted octanol–water partition coefficient (Wildman–Crippen LogP) is 6.00. The first-order valence-corrected chi connectivity index (χ1v) is 16.0. The van der Waals surface area contributed by atoms with Crippen molar-refractivity contribution in [3.8, 4) is 11.5 Å². The summed E-state index contributed by atoms with van der Waals surface area (Å²) in [5, 5.41) is 12.8. The Morgan fingerprint density at radius 3 is 2.20 bits per heavy atom. The summed E-state index contributed by atoms with van der Waals surface area (Å²) in [5.74, 6) is -1.98. The van der Waals surface area contributed by atoms with Crippen molar-refractivity contribution in [1.82, 2.24) is 4.90 Å². The summed E-state index contributed by atoms with van der Waals surface area (Å²) in [7, 11) is 0. The average molecular weight is 685 g/mol. The minimum absolute atomic E-state index is 0.0623. The number of unbranched alkanes of at least 4 members (excludes halogenated alkanes) is 4. The van der Waals surface area contributed by atoms with Crippen LogP contribution in [0.15, 0.2) is 66.7 Å². The highest BCUT2D eigenvalue weighted by atomic mass is 19.4. The molecule has 0 bridgehead atoms. The molecule has 0 saturated heterocycles. The second-order valence-corrected chi connectivity index (χ2v) is 11.6. The third-order valence-corrected chi connectivity index (χ3v) is 7.65. The van der Waals surface area contributed by atoms with Gasteiger partial charge in [0.25, 0.3) is 17.7 Å². The van der Waals surface area contributed by atoms with Gasteiger partial charge in [-0.3, -0.25) is 14.4 Å². The van der Waals surface area contributed by atoms with Crippen LogP contribution in [0.5, 0.6) is 11.5 Å². The van der Waals surface area contributed by atoms with Gasteiger partial charge in [-0.15, -0.1) is 0 Å². The number of ether oxygens (including phenoxy) is 2. The van der Waals surface area contributed by atoms with Crippen LogP contribution in [0.1, 0.15) is 71.2 Å². The Bertz CT molecular complexity index is 1590. The number of alkyl halides is 3. The molecule has 1 saturated carbocycles. The number of hydrogen-bond donors (Lipinski definition) is 4. The molecular weight excluding hydrogens is 645 g/mol. The highest BCUT2D eigenvalue weighted by molar-refractivity contribution is 6.04. The summed E-state index contributed by atoms with van der Waals surface area (Å²) < 4.78 is 43.0. The third kappa shape index (κ3) is 11.5. The lowest BCUT2D eigenvalue weighted by molar-refractivity contribution is -0.192. The van der Waals surface area contributed by atoms with E-state index in [9.17, 15) is 27.6 Å². The maximum Gasteiger partial charge on any atom is 0.490 e. The highest BCUT2D eigenvalue weighted by Crippen LogP contribution is 2.33. The van der Waals surface area contributed by atoms with Gasteiger partial charge in [0, 0.05) is 29.4 Å². The van der Waals surface area contributed by atoms with Crippen LogP contribution in [-0.4, -0.2) is 65.7 Å².